The first-order chi connectivity index (χ1) is 22.4. The Morgan fingerprint density at radius 1 is 0.830 bits per heavy atom. The fourth-order valence-corrected chi connectivity index (χ4v) is 5.38. The second-order valence-corrected chi connectivity index (χ2v) is 13.8. The van der Waals surface area contributed by atoms with Gasteiger partial charge in [0.15, 0.2) is 0 Å². The highest BCUT2D eigenvalue weighted by Crippen LogP contribution is 2.29. The van der Waals surface area contributed by atoms with E-state index in [1.807, 2.05) is 46.0 Å². The van der Waals surface area contributed by atoms with Crippen LogP contribution in [0.15, 0.2) is 52.5 Å². The zero-order valence-electron chi connectivity index (χ0n) is 29.8. The Balaban J connectivity index is 0.000000383. The zero-order chi connectivity index (χ0) is 35.4. The third-order valence-corrected chi connectivity index (χ3v) is 7.76. The molecule has 0 aliphatic carbocycles. The van der Waals surface area contributed by atoms with Crippen LogP contribution in [0.4, 0.5) is 11.4 Å². The van der Waals surface area contributed by atoms with Crippen LogP contribution >= 0.6 is 25.3 Å². The van der Waals surface area contributed by atoms with E-state index in [4.69, 9.17) is 4.74 Å². The van der Waals surface area contributed by atoms with Crippen LogP contribution in [0.5, 0.6) is 0 Å². The van der Waals surface area contributed by atoms with Crippen molar-refractivity contribution < 1.29 is 19.3 Å². The van der Waals surface area contributed by atoms with Gasteiger partial charge in [0.05, 0.1) is 19.6 Å². The first-order valence-electron chi connectivity index (χ1n) is 16.6. The van der Waals surface area contributed by atoms with Gasteiger partial charge in [0.25, 0.3) is 7.41 Å². The number of hydrogen-bond acceptors (Lipinski definition) is 10. The van der Waals surface area contributed by atoms with Crippen molar-refractivity contribution in [1.82, 2.24) is 9.62 Å². The van der Waals surface area contributed by atoms with Gasteiger partial charge in [-0.15, -0.1) is 25.3 Å². The fraction of sp³-hybridized carbons (Fsp3) is 0.543. The molecule has 12 heteroatoms. The van der Waals surface area contributed by atoms with Crippen molar-refractivity contribution in [1.29, 1.82) is 0 Å². The van der Waals surface area contributed by atoms with Crippen molar-refractivity contribution >= 4 is 69.6 Å². The second-order valence-electron chi connectivity index (χ2n) is 12.8. The van der Waals surface area contributed by atoms with E-state index in [-0.39, 0.29) is 0 Å². The smallest absolute Gasteiger partial charge is 0.376 e. The van der Waals surface area contributed by atoms with E-state index in [9.17, 15) is 14.6 Å². The third-order valence-electron chi connectivity index (χ3n) is 6.95. The van der Waals surface area contributed by atoms with Crippen LogP contribution in [0.2, 0.25) is 6.82 Å². The molecule has 2 saturated heterocycles. The number of piperazine rings is 2. The molecule has 2 aromatic rings. The summed E-state index contributed by atoms with van der Waals surface area (Å²) >= 11 is 8.95. The number of carbonyl (C=O) groups is 2. The Kier molecular flexibility index (Phi) is 21.7. The molecule has 4 rings (SSSR count). The lowest BCUT2D eigenvalue weighted by molar-refractivity contribution is -0.107. The van der Waals surface area contributed by atoms with Crippen LogP contribution in [0.3, 0.4) is 0 Å². The molecule has 1 N–H and O–H groups in total. The zero-order valence-corrected chi connectivity index (χ0v) is 31.6. The summed E-state index contributed by atoms with van der Waals surface area (Å²) in [5.74, 6) is 1.67. The minimum Gasteiger partial charge on any atom is -0.504 e. The topological polar surface area (TPSA) is 76.6 Å². The van der Waals surface area contributed by atoms with E-state index in [2.05, 4.69) is 82.7 Å². The van der Waals surface area contributed by atoms with Crippen LogP contribution in [0, 0.1) is 11.8 Å². The quantitative estimate of drug-likeness (QED) is 0.133. The van der Waals surface area contributed by atoms with E-state index in [0.29, 0.717) is 6.42 Å². The van der Waals surface area contributed by atoms with Gasteiger partial charge in [-0.05, 0) is 54.6 Å². The molecule has 0 aromatic heterocycles. The molecule has 0 unspecified atom stereocenters. The Morgan fingerprint density at radius 2 is 1.32 bits per heavy atom. The van der Waals surface area contributed by atoms with Gasteiger partial charge in [-0.3, -0.25) is 0 Å². The lowest BCUT2D eigenvalue weighted by Gasteiger charge is -2.37. The van der Waals surface area contributed by atoms with Crippen LogP contribution < -0.4 is 9.80 Å². The number of rotatable bonds is 9. The summed E-state index contributed by atoms with van der Waals surface area (Å²) in [6.45, 7) is 21.6. The molecule has 0 spiro atoms. The second kappa shape index (κ2) is 23.9. The van der Waals surface area contributed by atoms with E-state index < -0.39 is 7.05 Å². The highest BCUT2D eigenvalue weighted by molar-refractivity contribution is 7.80. The SMILES string of the molecule is CB(O)N1CCN(c2cccc(S)c2CC=O)CC1.CC(C)C.CC(C)C.COC=Cc1c(S)cccc1N1CCN([B]C=O)CC1. The number of aldehydes is 1. The van der Waals surface area contributed by atoms with Gasteiger partial charge in [0.2, 0.25) is 0 Å². The highest BCUT2D eigenvalue weighted by Gasteiger charge is 2.24. The fourth-order valence-electron chi connectivity index (χ4n) is 4.81. The van der Waals surface area contributed by atoms with Gasteiger partial charge in [-0.2, -0.15) is 0 Å². The van der Waals surface area contributed by atoms with Gasteiger partial charge < -0.3 is 38.8 Å². The minimum absolute atomic E-state index is 0.394. The Morgan fingerprint density at radius 3 is 1.81 bits per heavy atom. The molecule has 2 fully saturated rings. The summed E-state index contributed by atoms with van der Waals surface area (Å²) in [4.78, 5) is 31.8. The van der Waals surface area contributed by atoms with Crippen molar-refractivity contribution in [3.05, 3.63) is 53.8 Å². The van der Waals surface area contributed by atoms with Crippen molar-refractivity contribution in [2.75, 3.05) is 69.3 Å². The number of methoxy groups -OCH3 is 1. The summed E-state index contributed by atoms with van der Waals surface area (Å²) < 4.78 is 5.01. The molecule has 0 atom stereocenters. The van der Waals surface area contributed by atoms with E-state index >= 15 is 0 Å². The molecule has 259 valence electrons. The number of anilines is 2. The summed E-state index contributed by atoms with van der Waals surface area (Å²) in [7, 11) is 2.84. The first-order valence-corrected chi connectivity index (χ1v) is 17.5. The van der Waals surface area contributed by atoms with Crippen molar-refractivity contribution in [2.24, 2.45) is 11.8 Å². The first kappa shape index (κ1) is 42.7. The van der Waals surface area contributed by atoms with Crippen LogP contribution in [0.1, 0.15) is 52.7 Å². The highest BCUT2D eigenvalue weighted by atomic mass is 32.1. The van der Waals surface area contributed by atoms with Gasteiger partial charge in [0, 0.05) is 85.5 Å². The number of hydrogen-bond donors (Lipinski definition) is 3. The number of nitrogens with zero attached hydrogens (tertiary/aromatic N) is 4. The summed E-state index contributed by atoms with van der Waals surface area (Å²) in [5.41, 5.74) is 4.29. The van der Waals surface area contributed by atoms with Gasteiger partial charge in [0.1, 0.15) is 6.29 Å². The summed E-state index contributed by atoms with van der Waals surface area (Å²) in [6, 6.07) is 12.0. The molecule has 0 bridgehead atoms. The van der Waals surface area contributed by atoms with Crippen LogP contribution in [-0.2, 0) is 20.7 Å². The largest absolute Gasteiger partial charge is 0.504 e. The summed E-state index contributed by atoms with van der Waals surface area (Å²) in [6.07, 6.45) is 5.75. The Labute approximate surface area is 297 Å². The maximum atomic E-state index is 10.8. The number of benzene rings is 2. The predicted octanol–water partition coefficient (Wildman–Crippen LogP) is 5.80. The van der Waals surface area contributed by atoms with Gasteiger partial charge >= 0.3 is 7.05 Å². The molecule has 2 heterocycles. The van der Waals surface area contributed by atoms with Crippen molar-refractivity contribution in [3.8, 4) is 0 Å². The summed E-state index contributed by atoms with van der Waals surface area (Å²) in [5, 5.41) is 9.57. The third kappa shape index (κ3) is 16.5. The van der Waals surface area contributed by atoms with Crippen molar-refractivity contribution in [2.45, 2.75) is 64.6 Å². The van der Waals surface area contributed by atoms with Gasteiger partial charge in [-0.25, -0.2) is 0 Å². The van der Waals surface area contributed by atoms with Gasteiger partial charge in [-0.1, -0.05) is 53.7 Å². The molecular formula is C35H57B2N4O4S2. The molecule has 0 amide bonds. The number of carbonyl (C=O) groups excluding carboxylic acids is 2. The predicted molar refractivity (Wildman–Crippen MR) is 208 cm³/mol. The lowest BCUT2D eigenvalue weighted by Crippen LogP contribution is -2.51. The maximum Gasteiger partial charge on any atom is 0.376 e. The molecule has 47 heavy (non-hydrogen) atoms. The molecule has 8 nitrogen and oxygen atoms in total. The lowest BCUT2D eigenvalue weighted by atomic mass is 9.84. The van der Waals surface area contributed by atoms with Crippen molar-refractivity contribution in [3.63, 3.8) is 0 Å². The molecule has 2 aliphatic heterocycles. The molecule has 2 aliphatic rings. The number of thiol groups is 2. The monoisotopic (exact) mass is 683 g/mol. The average Bonchev–Trinajstić information content (AvgIpc) is 3.02. The number of ether oxygens (including phenoxy) is 1. The van der Waals surface area contributed by atoms with Crippen LogP contribution in [-0.4, -0.2) is 101 Å². The standard InChI is InChI=1S/C14H18BN2O2S.C13H19BN2O2S.2C4H10/c1-19-10-5-12-13(3-2-4-14(12)20)16-6-8-17(9-7-16)15-11-18;1-14(18)16-8-6-15(7-9-16)12-3-2-4-13(19)11(12)5-10-17;2*1-4(2)3/h2-5,10-11,20H,6-9H2,1H3;2-4,10,18-19H,5-9H2,1H3;2*4H,1-3H3. The molecule has 0 saturated carbocycles. The molecular weight excluding hydrogens is 626 g/mol. The minimum atomic E-state index is -0.396. The average molecular weight is 684 g/mol. The van der Waals surface area contributed by atoms with Crippen LogP contribution in [0.25, 0.3) is 6.08 Å². The Hall–Kier alpha value is -2.37. The normalized spacial score (nSPS) is 15.2. The Bertz CT molecular complexity index is 1190. The maximum absolute atomic E-state index is 10.8. The molecule has 2 aromatic carbocycles. The molecule has 1 radical (unpaired) electrons. The van der Waals surface area contributed by atoms with E-state index in [0.717, 1.165) is 109 Å². The van der Waals surface area contributed by atoms with E-state index in [1.165, 1.54) is 0 Å². The van der Waals surface area contributed by atoms with E-state index in [1.54, 1.807) is 27.6 Å².